The Kier molecular flexibility index (Phi) is 5.17. The molecule has 1 aromatic rings. The van der Waals surface area contributed by atoms with Crippen LogP contribution in [0.5, 0.6) is 0 Å². The van der Waals surface area contributed by atoms with Crippen molar-refractivity contribution in [2.24, 2.45) is 5.92 Å². The Morgan fingerprint density at radius 3 is 2.95 bits per heavy atom. The molecule has 5 heteroatoms. The summed E-state index contributed by atoms with van der Waals surface area (Å²) in [5, 5.41) is 0. The fraction of sp³-hybridized carbons (Fsp3) is 0.625. The number of aromatic nitrogens is 1. The first kappa shape index (κ1) is 15.8. The van der Waals surface area contributed by atoms with Crippen LogP contribution in [0, 0.1) is 5.92 Å². The summed E-state index contributed by atoms with van der Waals surface area (Å²) in [7, 11) is 0. The van der Waals surface area contributed by atoms with Crippen LogP contribution in [0.25, 0.3) is 0 Å². The van der Waals surface area contributed by atoms with Crippen molar-refractivity contribution in [3.8, 4) is 0 Å². The molecule has 0 radical (unpaired) electrons. The zero-order valence-electron chi connectivity index (χ0n) is 13.0. The van der Waals surface area contributed by atoms with Gasteiger partial charge >= 0.3 is 6.09 Å². The van der Waals surface area contributed by atoms with Gasteiger partial charge in [-0.1, -0.05) is 6.07 Å². The first-order valence-corrected chi connectivity index (χ1v) is 7.38. The summed E-state index contributed by atoms with van der Waals surface area (Å²) in [6, 6.07) is 3.90. The molecule has 1 saturated heterocycles. The predicted octanol–water partition coefficient (Wildman–Crippen LogP) is 2.86. The van der Waals surface area contributed by atoms with Crippen molar-refractivity contribution < 1.29 is 14.3 Å². The third-order valence-corrected chi connectivity index (χ3v) is 3.28. The van der Waals surface area contributed by atoms with Crippen molar-refractivity contribution in [1.29, 1.82) is 0 Å². The van der Waals surface area contributed by atoms with Crippen LogP contribution in [0.1, 0.15) is 32.8 Å². The maximum absolute atomic E-state index is 12.0. The number of hydrogen-bond acceptors (Lipinski definition) is 4. The summed E-state index contributed by atoms with van der Waals surface area (Å²) < 4.78 is 11.1. The molecule has 0 N–H and O–H groups in total. The zero-order chi connectivity index (χ0) is 15.3. The Labute approximate surface area is 126 Å². The van der Waals surface area contributed by atoms with Crippen molar-refractivity contribution in [2.75, 3.05) is 19.7 Å². The topological polar surface area (TPSA) is 51.7 Å². The summed E-state index contributed by atoms with van der Waals surface area (Å²) >= 11 is 0. The number of amides is 1. The van der Waals surface area contributed by atoms with Crippen molar-refractivity contribution in [3.63, 3.8) is 0 Å². The Bertz CT molecular complexity index is 456. The molecule has 2 heterocycles. The first-order chi connectivity index (χ1) is 9.94. The molecule has 1 fully saturated rings. The standard InChI is InChI=1S/C16H24N2O3/c1-16(2,3)21-15(19)18-8-6-14(10-18)12-20-11-13-5-4-7-17-9-13/h4-5,7,9,14H,6,8,10-12H2,1-3H3. The number of hydrogen-bond donors (Lipinski definition) is 0. The smallest absolute Gasteiger partial charge is 0.410 e. The molecule has 1 aromatic heterocycles. The van der Waals surface area contributed by atoms with Gasteiger partial charge in [0.1, 0.15) is 5.60 Å². The van der Waals surface area contributed by atoms with Crippen LogP contribution in [0.15, 0.2) is 24.5 Å². The van der Waals surface area contributed by atoms with E-state index in [2.05, 4.69) is 4.98 Å². The molecule has 21 heavy (non-hydrogen) atoms. The summed E-state index contributed by atoms with van der Waals surface area (Å²) in [6.45, 7) is 8.34. The van der Waals surface area contributed by atoms with E-state index in [9.17, 15) is 4.79 Å². The van der Waals surface area contributed by atoms with Crippen molar-refractivity contribution >= 4 is 6.09 Å². The average molecular weight is 292 g/mol. The van der Waals surface area contributed by atoms with E-state index < -0.39 is 5.60 Å². The highest BCUT2D eigenvalue weighted by molar-refractivity contribution is 5.68. The second kappa shape index (κ2) is 6.89. The highest BCUT2D eigenvalue weighted by Crippen LogP contribution is 2.20. The summed E-state index contributed by atoms with van der Waals surface area (Å²) in [6.07, 6.45) is 4.30. The van der Waals surface area contributed by atoms with Gasteiger partial charge in [0.25, 0.3) is 0 Å². The van der Waals surface area contributed by atoms with Crippen LogP contribution in [0.3, 0.4) is 0 Å². The molecular weight excluding hydrogens is 268 g/mol. The van der Waals surface area contributed by atoms with E-state index in [4.69, 9.17) is 9.47 Å². The molecule has 0 aliphatic carbocycles. The number of carbonyl (C=O) groups excluding carboxylic acids is 1. The fourth-order valence-electron chi connectivity index (χ4n) is 2.29. The molecule has 116 valence electrons. The van der Waals surface area contributed by atoms with Crippen LogP contribution in [-0.4, -0.2) is 41.3 Å². The maximum Gasteiger partial charge on any atom is 0.410 e. The van der Waals surface area contributed by atoms with Crippen LogP contribution in [-0.2, 0) is 16.1 Å². The predicted molar refractivity (Wildman–Crippen MR) is 79.8 cm³/mol. The number of rotatable bonds is 4. The van der Waals surface area contributed by atoms with E-state index in [-0.39, 0.29) is 6.09 Å². The quantitative estimate of drug-likeness (QED) is 0.856. The SMILES string of the molecule is CC(C)(C)OC(=O)N1CCC(COCc2cccnc2)C1. The lowest BCUT2D eigenvalue weighted by Gasteiger charge is -2.24. The highest BCUT2D eigenvalue weighted by atomic mass is 16.6. The van der Waals surface area contributed by atoms with Gasteiger partial charge < -0.3 is 14.4 Å². The number of pyridine rings is 1. The molecule has 5 nitrogen and oxygen atoms in total. The second-order valence-corrected chi connectivity index (χ2v) is 6.46. The van der Waals surface area contributed by atoms with E-state index in [1.807, 2.05) is 39.1 Å². The van der Waals surface area contributed by atoms with Gasteiger partial charge in [-0.2, -0.15) is 0 Å². The van der Waals surface area contributed by atoms with Gasteiger partial charge in [-0.25, -0.2) is 4.79 Å². The van der Waals surface area contributed by atoms with E-state index in [1.54, 1.807) is 11.1 Å². The van der Waals surface area contributed by atoms with Gasteiger partial charge in [0, 0.05) is 31.4 Å². The van der Waals surface area contributed by atoms with Crippen LogP contribution in [0.2, 0.25) is 0 Å². The van der Waals surface area contributed by atoms with Gasteiger partial charge in [0.05, 0.1) is 13.2 Å². The number of nitrogens with zero attached hydrogens (tertiary/aromatic N) is 2. The molecule has 1 aliphatic rings. The second-order valence-electron chi connectivity index (χ2n) is 6.46. The summed E-state index contributed by atoms with van der Waals surface area (Å²) in [5.41, 5.74) is 0.630. The minimum absolute atomic E-state index is 0.225. The molecule has 0 bridgehead atoms. The monoisotopic (exact) mass is 292 g/mol. The molecule has 0 spiro atoms. The van der Waals surface area contributed by atoms with Crippen LogP contribution in [0.4, 0.5) is 4.79 Å². The largest absolute Gasteiger partial charge is 0.444 e. The Morgan fingerprint density at radius 1 is 1.48 bits per heavy atom. The molecule has 1 unspecified atom stereocenters. The molecule has 0 aromatic carbocycles. The first-order valence-electron chi connectivity index (χ1n) is 7.38. The number of carbonyl (C=O) groups is 1. The van der Waals surface area contributed by atoms with Gasteiger partial charge in [0.15, 0.2) is 0 Å². The van der Waals surface area contributed by atoms with Gasteiger partial charge in [0.2, 0.25) is 0 Å². The molecule has 1 aliphatic heterocycles. The van der Waals surface area contributed by atoms with Gasteiger partial charge in [-0.3, -0.25) is 4.98 Å². The lowest BCUT2D eigenvalue weighted by molar-refractivity contribution is 0.0271. The normalized spacial score (nSPS) is 18.8. The van der Waals surface area contributed by atoms with E-state index in [1.165, 1.54) is 0 Å². The Balaban J connectivity index is 1.69. The number of ether oxygens (including phenoxy) is 2. The lowest BCUT2D eigenvalue weighted by atomic mass is 10.1. The van der Waals surface area contributed by atoms with Crippen LogP contribution < -0.4 is 0 Å². The minimum atomic E-state index is -0.439. The molecular formula is C16H24N2O3. The van der Waals surface area contributed by atoms with Crippen molar-refractivity contribution in [1.82, 2.24) is 9.88 Å². The minimum Gasteiger partial charge on any atom is -0.444 e. The Hall–Kier alpha value is -1.62. The van der Waals surface area contributed by atoms with E-state index >= 15 is 0 Å². The molecule has 1 amide bonds. The fourth-order valence-corrected chi connectivity index (χ4v) is 2.29. The third-order valence-electron chi connectivity index (χ3n) is 3.28. The third kappa shape index (κ3) is 5.34. The average Bonchev–Trinajstić information content (AvgIpc) is 2.87. The maximum atomic E-state index is 12.0. The Morgan fingerprint density at radius 2 is 2.29 bits per heavy atom. The molecule has 1 atom stereocenters. The lowest BCUT2D eigenvalue weighted by Crippen LogP contribution is -2.35. The van der Waals surface area contributed by atoms with Gasteiger partial charge in [-0.15, -0.1) is 0 Å². The summed E-state index contributed by atoms with van der Waals surface area (Å²) in [4.78, 5) is 17.8. The summed E-state index contributed by atoms with van der Waals surface area (Å²) in [5.74, 6) is 0.384. The van der Waals surface area contributed by atoms with E-state index in [0.29, 0.717) is 25.7 Å². The van der Waals surface area contributed by atoms with Crippen molar-refractivity contribution in [3.05, 3.63) is 30.1 Å². The molecule has 0 saturated carbocycles. The van der Waals surface area contributed by atoms with E-state index in [0.717, 1.165) is 18.5 Å². The van der Waals surface area contributed by atoms with Crippen LogP contribution >= 0.6 is 0 Å². The van der Waals surface area contributed by atoms with Crippen molar-refractivity contribution in [2.45, 2.75) is 39.4 Å². The molecule has 2 rings (SSSR count). The zero-order valence-corrected chi connectivity index (χ0v) is 13.0. The van der Waals surface area contributed by atoms with Gasteiger partial charge in [-0.05, 0) is 38.8 Å². The number of likely N-dealkylation sites (tertiary alicyclic amines) is 1. The highest BCUT2D eigenvalue weighted by Gasteiger charge is 2.29.